The second-order valence-electron chi connectivity index (χ2n) is 5.01. The number of thiocarbonyl (C=S) groups is 1. The van der Waals surface area contributed by atoms with Gasteiger partial charge in [0.25, 0.3) is 5.91 Å². The van der Waals surface area contributed by atoms with E-state index in [-0.39, 0.29) is 17.4 Å². The fourth-order valence-corrected chi connectivity index (χ4v) is 3.79. The summed E-state index contributed by atoms with van der Waals surface area (Å²) in [5.74, 6) is 0.188. The van der Waals surface area contributed by atoms with Crippen molar-refractivity contribution < 1.29 is 22.1 Å². The Labute approximate surface area is 156 Å². The Balaban J connectivity index is 2.34. The Hall–Kier alpha value is -1.84. The van der Waals surface area contributed by atoms with Gasteiger partial charge in [-0.2, -0.15) is 8.42 Å². The number of carbonyl (C=O) groups is 1. The molecule has 1 saturated heterocycles. The molecular weight excluding hydrogens is 382 g/mol. The van der Waals surface area contributed by atoms with Crippen molar-refractivity contribution in [2.45, 2.75) is 6.92 Å². The summed E-state index contributed by atoms with van der Waals surface area (Å²) in [6.07, 6.45) is 4.24. The Kier molecular flexibility index (Phi) is 6.26. The average Bonchev–Trinajstić information content (AvgIpc) is 2.77. The molecule has 1 aliphatic heterocycles. The SMILES string of the molecule is C=CCN1C(=O)/C(=C\c2ccc(OS(C)(=O)=O)c(OCC)c2)SC1=S. The lowest BCUT2D eigenvalue weighted by molar-refractivity contribution is -0.121. The van der Waals surface area contributed by atoms with E-state index in [4.69, 9.17) is 21.1 Å². The lowest BCUT2D eigenvalue weighted by atomic mass is 10.2. The predicted octanol–water partition coefficient (Wildman–Crippen LogP) is 2.81. The largest absolute Gasteiger partial charge is 0.490 e. The third-order valence-electron chi connectivity index (χ3n) is 2.99. The van der Waals surface area contributed by atoms with Crippen LogP contribution in [0, 0.1) is 0 Å². The first kappa shape index (κ1) is 19.5. The molecule has 0 radical (unpaired) electrons. The van der Waals surface area contributed by atoms with Crippen LogP contribution in [0.3, 0.4) is 0 Å². The predicted molar refractivity (Wildman–Crippen MR) is 103 cm³/mol. The van der Waals surface area contributed by atoms with Crippen LogP contribution in [0.1, 0.15) is 12.5 Å². The zero-order valence-electron chi connectivity index (χ0n) is 13.7. The van der Waals surface area contributed by atoms with Crippen molar-refractivity contribution >= 4 is 50.4 Å². The molecule has 0 unspecified atom stereocenters. The van der Waals surface area contributed by atoms with Gasteiger partial charge in [-0.25, -0.2) is 0 Å². The molecule has 1 fully saturated rings. The van der Waals surface area contributed by atoms with Crippen molar-refractivity contribution in [1.82, 2.24) is 4.90 Å². The van der Waals surface area contributed by atoms with Gasteiger partial charge >= 0.3 is 10.1 Å². The average molecular weight is 400 g/mol. The molecule has 134 valence electrons. The van der Waals surface area contributed by atoms with Crippen LogP contribution in [-0.4, -0.2) is 43.0 Å². The van der Waals surface area contributed by atoms with Crippen LogP contribution >= 0.6 is 24.0 Å². The van der Waals surface area contributed by atoms with Crippen molar-refractivity contribution in [1.29, 1.82) is 0 Å². The standard InChI is InChI=1S/C16H17NO5S3/c1-4-8-17-15(18)14(24-16(17)23)10-11-6-7-12(22-25(3,19)20)13(9-11)21-5-2/h4,6-7,9-10H,1,5,8H2,2-3H3/b14-10+. The van der Waals surface area contributed by atoms with Gasteiger partial charge in [0.1, 0.15) is 4.32 Å². The number of ether oxygens (including phenoxy) is 1. The Morgan fingerprint density at radius 2 is 2.08 bits per heavy atom. The van der Waals surface area contributed by atoms with Crippen molar-refractivity contribution in [3.8, 4) is 11.5 Å². The number of nitrogens with zero attached hydrogens (tertiary/aromatic N) is 1. The van der Waals surface area contributed by atoms with Gasteiger partial charge in [-0.1, -0.05) is 36.1 Å². The van der Waals surface area contributed by atoms with Crippen LogP contribution in [0.25, 0.3) is 6.08 Å². The molecule has 1 aliphatic rings. The number of carbonyl (C=O) groups excluding carboxylic acids is 1. The Morgan fingerprint density at radius 1 is 1.36 bits per heavy atom. The lowest BCUT2D eigenvalue weighted by Crippen LogP contribution is -2.27. The summed E-state index contributed by atoms with van der Waals surface area (Å²) in [6, 6.07) is 4.75. The highest BCUT2D eigenvalue weighted by Crippen LogP contribution is 2.35. The maximum atomic E-state index is 12.3. The highest BCUT2D eigenvalue weighted by atomic mass is 32.2. The van der Waals surface area contributed by atoms with Crippen molar-refractivity contribution in [2.75, 3.05) is 19.4 Å². The minimum absolute atomic E-state index is 0.0979. The van der Waals surface area contributed by atoms with Crippen LogP contribution in [-0.2, 0) is 14.9 Å². The lowest BCUT2D eigenvalue weighted by Gasteiger charge is -2.11. The van der Waals surface area contributed by atoms with E-state index in [1.807, 2.05) is 0 Å². The molecule has 0 atom stereocenters. The summed E-state index contributed by atoms with van der Waals surface area (Å²) < 4.78 is 33.5. The summed E-state index contributed by atoms with van der Waals surface area (Å²) in [5.41, 5.74) is 0.670. The van der Waals surface area contributed by atoms with Crippen LogP contribution in [0.5, 0.6) is 11.5 Å². The molecule has 0 spiro atoms. The minimum Gasteiger partial charge on any atom is -0.490 e. The van der Waals surface area contributed by atoms with Gasteiger partial charge in [0.05, 0.1) is 17.8 Å². The molecule has 2 rings (SSSR count). The van der Waals surface area contributed by atoms with Gasteiger partial charge in [0.15, 0.2) is 11.5 Å². The zero-order valence-corrected chi connectivity index (χ0v) is 16.2. The molecule has 6 nitrogen and oxygen atoms in total. The minimum atomic E-state index is -3.67. The molecule has 1 heterocycles. The summed E-state index contributed by atoms with van der Waals surface area (Å²) in [5, 5.41) is 0. The quantitative estimate of drug-likeness (QED) is 0.302. The molecule has 1 amide bonds. The van der Waals surface area contributed by atoms with E-state index in [2.05, 4.69) is 6.58 Å². The number of rotatable bonds is 7. The van der Waals surface area contributed by atoms with Gasteiger partial charge in [-0.05, 0) is 30.7 Å². The van der Waals surface area contributed by atoms with Gasteiger partial charge < -0.3 is 8.92 Å². The molecule has 0 aromatic heterocycles. The Bertz CT molecular complexity index is 845. The summed E-state index contributed by atoms with van der Waals surface area (Å²) in [6.45, 7) is 6.08. The fourth-order valence-electron chi connectivity index (χ4n) is 2.05. The second kappa shape index (κ2) is 8.03. The van der Waals surface area contributed by atoms with E-state index in [1.54, 1.807) is 31.2 Å². The van der Waals surface area contributed by atoms with Crippen molar-refractivity contribution in [3.05, 3.63) is 41.3 Å². The Morgan fingerprint density at radius 3 is 2.68 bits per heavy atom. The molecular formula is C16H17NO5S3. The van der Waals surface area contributed by atoms with Crippen molar-refractivity contribution in [2.24, 2.45) is 0 Å². The first-order valence-corrected chi connectivity index (χ1v) is 10.3. The monoisotopic (exact) mass is 399 g/mol. The number of hydrogen-bond acceptors (Lipinski definition) is 7. The molecule has 0 bridgehead atoms. The van der Waals surface area contributed by atoms with Crippen LogP contribution < -0.4 is 8.92 Å². The number of thioether (sulfide) groups is 1. The smallest absolute Gasteiger partial charge is 0.306 e. The van der Waals surface area contributed by atoms with Crippen LogP contribution in [0.4, 0.5) is 0 Å². The topological polar surface area (TPSA) is 72.9 Å². The van der Waals surface area contributed by atoms with Crippen LogP contribution in [0.2, 0.25) is 0 Å². The van der Waals surface area contributed by atoms with Gasteiger partial charge in [-0.15, -0.1) is 6.58 Å². The maximum absolute atomic E-state index is 12.3. The molecule has 1 aromatic carbocycles. The van der Waals surface area contributed by atoms with Crippen molar-refractivity contribution in [3.63, 3.8) is 0 Å². The second-order valence-corrected chi connectivity index (χ2v) is 8.26. The summed E-state index contributed by atoms with van der Waals surface area (Å²) in [7, 11) is -3.67. The molecule has 0 saturated carbocycles. The molecule has 1 aromatic rings. The number of hydrogen-bond donors (Lipinski definition) is 0. The molecule has 25 heavy (non-hydrogen) atoms. The van der Waals surface area contributed by atoms with E-state index in [0.717, 1.165) is 6.26 Å². The van der Waals surface area contributed by atoms with E-state index in [0.29, 0.717) is 27.9 Å². The number of amides is 1. The molecule has 0 N–H and O–H groups in total. The fraction of sp³-hybridized carbons (Fsp3) is 0.250. The molecule has 9 heteroatoms. The molecule has 0 aliphatic carbocycles. The zero-order chi connectivity index (χ0) is 18.6. The first-order chi connectivity index (χ1) is 11.7. The number of benzene rings is 1. The van der Waals surface area contributed by atoms with E-state index >= 15 is 0 Å². The van der Waals surface area contributed by atoms with E-state index in [9.17, 15) is 13.2 Å². The van der Waals surface area contributed by atoms with Crippen LogP contribution in [0.15, 0.2) is 35.8 Å². The summed E-state index contributed by atoms with van der Waals surface area (Å²) >= 11 is 6.40. The normalized spacial score (nSPS) is 16.4. The van der Waals surface area contributed by atoms with Gasteiger partial charge in [0, 0.05) is 6.54 Å². The van der Waals surface area contributed by atoms with Gasteiger partial charge in [-0.3, -0.25) is 9.69 Å². The first-order valence-electron chi connectivity index (χ1n) is 7.27. The maximum Gasteiger partial charge on any atom is 0.306 e. The third-order valence-corrected chi connectivity index (χ3v) is 4.85. The highest BCUT2D eigenvalue weighted by molar-refractivity contribution is 8.26. The van der Waals surface area contributed by atoms with E-state index in [1.165, 1.54) is 22.7 Å². The summed E-state index contributed by atoms with van der Waals surface area (Å²) in [4.78, 5) is 14.3. The highest BCUT2D eigenvalue weighted by Gasteiger charge is 2.31. The van der Waals surface area contributed by atoms with Gasteiger partial charge in [0.2, 0.25) is 0 Å². The third kappa shape index (κ3) is 5.07. The van der Waals surface area contributed by atoms with E-state index < -0.39 is 10.1 Å².